The van der Waals surface area contributed by atoms with E-state index in [9.17, 15) is 8.78 Å². The smallest absolute Gasteiger partial charge is 0.192 e. The number of aromatic nitrogens is 4. The number of nitrogens with zero attached hydrogens (tertiary/aromatic N) is 4. The average Bonchev–Trinajstić information content (AvgIpc) is 2.99. The van der Waals surface area contributed by atoms with Crippen molar-refractivity contribution >= 4 is 0 Å². The van der Waals surface area contributed by atoms with Crippen LogP contribution < -0.4 is 0 Å². The van der Waals surface area contributed by atoms with Crippen molar-refractivity contribution < 1.29 is 8.78 Å². The van der Waals surface area contributed by atoms with Crippen LogP contribution in [0.5, 0.6) is 0 Å². The van der Waals surface area contributed by atoms with Gasteiger partial charge in [-0.05, 0) is 30.3 Å². The van der Waals surface area contributed by atoms with Gasteiger partial charge < -0.3 is 0 Å². The van der Waals surface area contributed by atoms with Crippen LogP contribution in [0.2, 0.25) is 0 Å². The average molecular weight is 283 g/mol. The van der Waals surface area contributed by atoms with Crippen LogP contribution in [0.3, 0.4) is 0 Å². The number of rotatable bonds is 2. The lowest BCUT2D eigenvalue weighted by Gasteiger charge is -2.03. The van der Waals surface area contributed by atoms with Crippen LogP contribution >= 0.6 is 0 Å². The number of hydrogen-bond acceptors (Lipinski definition) is 4. The maximum Gasteiger partial charge on any atom is 0.192 e. The number of nitrogens with one attached hydrogen (secondary N) is 1. The highest BCUT2D eigenvalue weighted by molar-refractivity contribution is 5.66. The lowest BCUT2D eigenvalue weighted by molar-refractivity contribution is 0.509. The first-order chi connectivity index (χ1) is 10.2. The van der Waals surface area contributed by atoms with Gasteiger partial charge in [-0.15, -0.1) is 5.10 Å². The Hall–Kier alpha value is -3.14. The van der Waals surface area contributed by atoms with E-state index in [1.54, 1.807) is 18.2 Å². The highest BCUT2D eigenvalue weighted by Crippen LogP contribution is 2.23. The largest absolute Gasteiger partial charge is 0.246 e. The second-order valence-electron chi connectivity index (χ2n) is 4.17. The molecule has 7 heteroatoms. The fraction of sp³-hybridized carbons (Fsp3) is 0. The number of nitriles is 1. The van der Waals surface area contributed by atoms with E-state index < -0.39 is 11.6 Å². The number of hydrogen-bond donors (Lipinski definition) is 1. The maximum absolute atomic E-state index is 13.3. The molecule has 0 aliphatic rings. The Balaban J connectivity index is 2.08. The van der Waals surface area contributed by atoms with E-state index >= 15 is 0 Å². The molecule has 0 atom stereocenters. The Morgan fingerprint density at radius 3 is 2.57 bits per heavy atom. The molecule has 21 heavy (non-hydrogen) atoms. The third-order valence-electron chi connectivity index (χ3n) is 2.86. The van der Waals surface area contributed by atoms with Crippen LogP contribution in [0.4, 0.5) is 8.78 Å². The van der Waals surface area contributed by atoms with Crippen molar-refractivity contribution in [1.82, 2.24) is 20.4 Å². The van der Waals surface area contributed by atoms with Gasteiger partial charge in [0.05, 0.1) is 11.4 Å². The quantitative estimate of drug-likeness (QED) is 0.784. The molecule has 3 aromatic rings. The van der Waals surface area contributed by atoms with Crippen LogP contribution in [-0.4, -0.2) is 20.4 Å². The lowest BCUT2D eigenvalue weighted by atomic mass is 10.1. The standard InChI is InChI=1S/C14H7F2N5/c15-9-5-4-8(6-10(9)16)11-2-1-3-12(18-11)14-13(7-17)19-21-20-14/h1-6H,(H,19,20,21). The molecule has 0 aliphatic heterocycles. The van der Waals surface area contributed by atoms with Crippen molar-refractivity contribution in [3.8, 4) is 28.7 Å². The van der Waals surface area contributed by atoms with Gasteiger partial charge in [-0.2, -0.15) is 15.6 Å². The van der Waals surface area contributed by atoms with E-state index in [1.807, 2.05) is 6.07 Å². The van der Waals surface area contributed by atoms with E-state index in [0.29, 0.717) is 22.6 Å². The highest BCUT2D eigenvalue weighted by atomic mass is 19.2. The van der Waals surface area contributed by atoms with Gasteiger partial charge >= 0.3 is 0 Å². The van der Waals surface area contributed by atoms with Gasteiger partial charge in [-0.3, -0.25) is 0 Å². The fourth-order valence-corrected chi connectivity index (χ4v) is 1.87. The summed E-state index contributed by atoms with van der Waals surface area (Å²) in [5.74, 6) is -1.86. The Kier molecular flexibility index (Phi) is 3.12. The molecule has 0 radical (unpaired) electrons. The zero-order chi connectivity index (χ0) is 14.8. The molecular weight excluding hydrogens is 276 g/mol. The molecule has 1 N–H and O–H groups in total. The van der Waals surface area contributed by atoms with E-state index in [-0.39, 0.29) is 5.69 Å². The number of pyridine rings is 1. The van der Waals surface area contributed by atoms with Crippen molar-refractivity contribution in [2.45, 2.75) is 0 Å². The minimum Gasteiger partial charge on any atom is -0.246 e. The van der Waals surface area contributed by atoms with Crippen molar-refractivity contribution in [1.29, 1.82) is 5.26 Å². The van der Waals surface area contributed by atoms with Gasteiger partial charge in [-0.25, -0.2) is 13.8 Å². The molecule has 0 fully saturated rings. The molecule has 102 valence electrons. The van der Waals surface area contributed by atoms with E-state index in [4.69, 9.17) is 5.26 Å². The van der Waals surface area contributed by atoms with E-state index in [1.165, 1.54) is 6.07 Å². The topological polar surface area (TPSA) is 78.2 Å². The lowest BCUT2D eigenvalue weighted by Crippen LogP contribution is -1.91. The molecule has 5 nitrogen and oxygen atoms in total. The van der Waals surface area contributed by atoms with Crippen molar-refractivity contribution in [2.75, 3.05) is 0 Å². The Labute approximate surface area is 117 Å². The molecule has 0 saturated carbocycles. The summed E-state index contributed by atoms with van der Waals surface area (Å²) in [5.41, 5.74) is 1.71. The molecule has 0 amide bonds. The Morgan fingerprint density at radius 1 is 1.00 bits per heavy atom. The van der Waals surface area contributed by atoms with Gasteiger partial charge in [0.25, 0.3) is 0 Å². The van der Waals surface area contributed by atoms with Gasteiger partial charge in [-0.1, -0.05) is 6.07 Å². The van der Waals surface area contributed by atoms with Crippen LogP contribution in [0.1, 0.15) is 5.69 Å². The predicted octanol–water partition coefficient (Wildman–Crippen LogP) is 2.68. The second kappa shape index (κ2) is 5.09. The Bertz CT molecular complexity index is 851. The summed E-state index contributed by atoms with van der Waals surface area (Å²) in [6.45, 7) is 0. The van der Waals surface area contributed by atoms with Gasteiger partial charge in [0.15, 0.2) is 17.3 Å². The Morgan fingerprint density at radius 2 is 1.81 bits per heavy atom. The van der Waals surface area contributed by atoms with E-state index in [0.717, 1.165) is 12.1 Å². The predicted molar refractivity (Wildman–Crippen MR) is 69.7 cm³/mol. The molecule has 0 spiro atoms. The summed E-state index contributed by atoms with van der Waals surface area (Å²) in [4.78, 5) is 4.30. The molecule has 0 unspecified atom stereocenters. The third-order valence-corrected chi connectivity index (χ3v) is 2.86. The van der Waals surface area contributed by atoms with Gasteiger partial charge in [0, 0.05) is 5.56 Å². The summed E-state index contributed by atoms with van der Waals surface area (Å²) >= 11 is 0. The summed E-state index contributed by atoms with van der Waals surface area (Å²) in [7, 11) is 0. The first-order valence-corrected chi connectivity index (χ1v) is 5.93. The number of H-pyrrole nitrogens is 1. The maximum atomic E-state index is 13.3. The first kappa shape index (κ1) is 12.9. The van der Waals surface area contributed by atoms with Crippen LogP contribution in [0.15, 0.2) is 36.4 Å². The number of benzene rings is 1. The zero-order valence-electron chi connectivity index (χ0n) is 10.5. The third kappa shape index (κ3) is 2.34. The van der Waals surface area contributed by atoms with E-state index in [2.05, 4.69) is 20.4 Å². The highest BCUT2D eigenvalue weighted by Gasteiger charge is 2.12. The normalized spacial score (nSPS) is 10.3. The molecule has 0 bridgehead atoms. The summed E-state index contributed by atoms with van der Waals surface area (Å²) < 4.78 is 26.2. The van der Waals surface area contributed by atoms with Gasteiger partial charge in [0.1, 0.15) is 11.8 Å². The summed E-state index contributed by atoms with van der Waals surface area (Å²) in [5, 5.41) is 18.8. The molecule has 3 rings (SSSR count). The summed E-state index contributed by atoms with van der Waals surface area (Å²) in [6, 6.07) is 10.4. The first-order valence-electron chi connectivity index (χ1n) is 5.93. The number of halogens is 2. The second-order valence-corrected chi connectivity index (χ2v) is 4.17. The zero-order valence-corrected chi connectivity index (χ0v) is 10.5. The van der Waals surface area contributed by atoms with Crippen LogP contribution in [0, 0.1) is 23.0 Å². The molecule has 2 heterocycles. The molecule has 0 aliphatic carbocycles. The summed E-state index contributed by atoms with van der Waals surface area (Å²) in [6.07, 6.45) is 0. The van der Waals surface area contributed by atoms with Gasteiger partial charge in [0.2, 0.25) is 0 Å². The molecule has 1 aromatic carbocycles. The van der Waals surface area contributed by atoms with Crippen molar-refractivity contribution in [2.24, 2.45) is 0 Å². The monoisotopic (exact) mass is 283 g/mol. The van der Waals surface area contributed by atoms with Crippen molar-refractivity contribution in [3.05, 3.63) is 53.7 Å². The fourth-order valence-electron chi connectivity index (χ4n) is 1.87. The SMILES string of the molecule is N#Cc1n[nH]nc1-c1cccc(-c2ccc(F)c(F)c2)n1. The minimum absolute atomic E-state index is 0.116. The van der Waals surface area contributed by atoms with Crippen LogP contribution in [0.25, 0.3) is 22.6 Å². The van der Waals surface area contributed by atoms with Crippen molar-refractivity contribution in [3.63, 3.8) is 0 Å². The number of aromatic amines is 1. The molecular formula is C14H7F2N5. The molecule has 0 saturated heterocycles. The molecule has 2 aromatic heterocycles. The van der Waals surface area contributed by atoms with Crippen LogP contribution in [-0.2, 0) is 0 Å². The minimum atomic E-state index is -0.946.